The van der Waals surface area contributed by atoms with Gasteiger partial charge in [0.15, 0.2) is 0 Å². The van der Waals surface area contributed by atoms with Crippen molar-refractivity contribution in [2.45, 2.75) is 32.4 Å². The Balaban J connectivity index is 2.44. The highest BCUT2D eigenvalue weighted by Gasteiger charge is 2.15. The topological polar surface area (TPSA) is 50.7 Å². The summed E-state index contributed by atoms with van der Waals surface area (Å²) in [7, 11) is 1.69. The number of nitrogens with one attached hydrogen (secondary N) is 1. The van der Waals surface area contributed by atoms with E-state index in [1.807, 2.05) is 38.1 Å². The predicted octanol–water partition coefficient (Wildman–Crippen LogP) is 2.13. The summed E-state index contributed by atoms with van der Waals surface area (Å²) in [5, 5.41) is 13.5. The fourth-order valence-corrected chi connectivity index (χ4v) is 1.87. The summed E-state index contributed by atoms with van der Waals surface area (Å²) in [6.45, 7) is 6.16. The van der Waals surface area contributed by atoms with Gasteiger partial charge >= 0.3 is 0 Å². The van der Waals surface area contributed by atoms with E-state index in [4.69, 9.17) is 9.47 Å². The third-order valence-corrected chi connectivity index (χ3v) is 3.00. The summed E-state index contributed by atoms with van der Waals surface area (Å²) in [5.41, 5.74) is 0.898. The third kappa shape index (κ3) is 5.59. The van der Waals surface area contributed by atoms with E-state index in [0.717, 1.165) is 30.9 Å². The fraction of sp³-hybridized carbons (Fsp3) is 0.600. The molecule has 0 amide bonds. The average molecular weight is 267 g/mol. The normalized spacial score (nSPS) is 14.1. The molecule has 0 aromatic heterocycles. The van der Waals surface area contributed by atoms with Crippen molar-refractivity contribution in [1.82, 2.24) is 5.32 Å². The van der Waals surface area contributed by atoms with Gasteiger partial charge in [-0.2, -0.15) is 0 Å². The van der Waals surface area contributed by atoms with Gasteiger partial charge in [-0.05, 0) is 44.5 Å². The molecule has 108 valence electrons. The number of hydrogen-bond acceptors (Lipinski definition) is 4. The lowest BCUT2D eigenvalue weighted by Crippen LogP contribution is -2.33. The number of aliphatic hydroxyl groups excluding tert-OH is 1. The van der Waals surface area contributed by atoms with Crippen LogP contribution in [0.5, 0.6) is 5.75 Å². The SMILES string of the molecule is CCOc1ccc(C(O)C(C)NCCCOC)cc1. The van der Waals surface area contributed by atoms with Gasteiger partial charge in [0.2, 0.25) is 0 Å². The Morgan fingerprint density at radius 1 is 1.26 bits per heavy atom. The van der Waals surface area contributed by atoms with Crippen LogP contribution in [0.4, 0.5) is 0 Å². The number of rotatable bonds is 9. The summed E-state index contributed by atoms with van der Waals surface area (Å²) >= 11 is 0. The molecule has 1 aromatic carbocycles. The Morgan fingerprint density at radius 3 is 2.53 bits per heavy atom. The first-order chi connectivity index (χ1) is 9.19. The van der Waals surface area contributed by atoms with Gasteiger partial charge in [0.05, 0.1) is 12.7 Å². The Bertz CT molecular complexity index is 340. The van der Waals surface area contributed by atoms with Crippen molar-refractivity contribution in [2.24, 2.45) is 0 Å². The summed E-state index contributed by atoms with van der Waals surface area (Å²) in [5.74, 6) is 0.833. The molecule has 0 saturated heterocycles. The van der Waals surface area contributed by atoms with Gasteiger partial charge in [0.25, 0.3) is 0 Å². The van der Waals surface area contributed by atoms with Crippen LogP contribution in [-0.2, 0) is 4.74 Å². The molecule has 2 N–H and O–H groups in total. The van der Waals surface area contributed by atoms with E-state index in [1.165, 1.54) is 0 Å². The van der Waals surface area contributed by atoms with Crippen molar-refractivity contribution in [1.29, 1.82) is 0 Å². The zero-order chi connectivity index (χ0) is 14.1. The van der Waals surface area contributed by atoms with E-state index < -0.39 is 6.10 Å². The highest BCUT2D eigenvalue weighted by molar-refractivity contribution is 5.29. The Labute approximate surface area is 115 Å². The smallest absolute Gasteiger partial charge is 0.119 e. The predicted molar refractivity (Wildman–Crippen MR) is 76.5 cm³/mol. The molecule has 0 radical (unpaired) electrons. The Kier molecular flexibility index (Phi) is 7.48. The zero-order valence-electron chi connectivity index (χ0n) is 12.1. The van der Waals surface area contributed by atoms with Gasteiger partial charge in [-0.25, -0.2) is 0 Å². The van der Waals surface area contributed by atoms with Crippen LogP contribution in [0.15, 0.2) is 24.3 Å². The second-order valence-electron chi connectivity index (χ2n) is 4.54. The molecule has 0 spiro atoms. The number of ether oxygens (including phenoxy) is 2. The van der Waals surface area contributed by atoms with Crippen molar-refractivity contribution >= 4 is 0 Å². The van der Waals surface area contributed by atoms with E-state index in [2.05, 4.69) is 5.32 Å². The maximum atomic E-state index is 10.2. The number of hydrogen-bond donors (Lipinski definition) is 2. The highest BCUT2D eigenvalue weighted by atomic mass is 16.5. The summed E-state index contributed by atoms with van der Waals surface area (Å²) in [6, 6.07) is 7.60. The monoisotopic (exact) mass is 267 g/mol. The second kappa shape index (κ2) is 8.91. The van der Waals surface area contributed by atoms with Crippen LogP contribution in [0.25, 0.3) is 0 Å². The molecule has 1 rings (SSSR count). The van der Waals surface area contributed by atoms with E-state index >= 15 is 0 Å². The van der Waals surface area contributed by atoms with Gasteiger partial charge in [0.1, 0.15) is 5.75 Å². The average Bonchev–Trinajstić information content (AvgIpc) is 2.44. The Hall–Kier alpha value is -1.10. The quantitative estimate of drug-likeness (QED) is 0.673. The molecule has 0 fully saturated rings. The number of aliphatic hydroxyl groups is 1. The van der Waals surface area contributed by atoms with Crippen molar-refractivity contribution < 1.29 is 14.6 Å². The molecule has 0 aliphatic carbocycles. The Morgan fingerprint density at radius 2 is 1.95 bits per heavy atom. The molecule has 1 aromatic rings. The minimum atomic E-state index is -0.516. The summed E-state index contributed by atoms with van der Waals surface area (Å²) < 4.78 is 10.4. The minimum absolute atomic E-state index is 0.00907. The molecule has 0 aliphatic heterocycles. The molecule has 4 nitrogen and oxygen atoms in total. The van der Waals surface area contributed by atoms with Crippen LogP contribution in [0, 0.1) is 0 Å². The standard InChI is InChI=1S/C15H25NO3/c1-4-19-14-8-6-13(7-9-14)15(17)12(2)16-10-5-11-18-3/h6-9,12,15-17H,4-5,10-11H2,1-3H3. The van der Waals surface area contributed by atoms with Crippen molar-refractivity contribution in [3.8, 4) is 5.75 Å². The largest absolute Gasteiger partial charge is 0.494 e. The lowest BCUT2D eigenvalue weighted by Gasteiger charge is -2.21. The van der Waals surface area contributed by atoms with Crippen LogP contribution in [-0.4, -0.2) is 38.0 Å². The fourth-order valence-electron chi connectivity index (χ4n) is 1.87. The van der Waals surface area contributed by atoms with E-state index in [1.54, 1.807) is 7.11 Å². The van der Waals surface area contributed by atoms with Crippen molar-refractivity contribution in [3.63, 3.8) is 0 Å². The molecule has 19 heavy (non-hydrogen) atoms. The third-order valence-electron chi connectivity index (χ3n) is 3.00. The van der Waals surface area contributed by atoms with Gasteiger partial charge < -0.3 is 19.9 Å². The van der Waals surface area contributed by atoms with Crippen LogP contribution >= 0.6 is 0 Å². The minimum Gasteiger partial charge on any atom is -0.494 e. The highest BCUT2D eigenvalue weighted by Crippen LogP contribution is 2.20. The van der Waals surface area contributed by atoms with E-state index in [9.17, 15) is 5.11 Å². The number of benzene rings is 1. The first kappa shape index (κ1) is 16.0. The molecule has 0 heterocycles. The van der Waals surface area contributed by atoms with Gasteiger partial charge in [0, 0.05) is 19.8 Å². The maximum absolute atomic E-state index is 10.2. The van der Waals surface area contributed by atoms with Crippen LogP contribution in [0.2, 0.25) is 0 Å². The first-order valence-corrected chi connectivity index (χ1v) is 6.82. The molecule has 2 atom stereocenters. The zero-order valence-corrected chi connectivity index (χ0v) is 12.1. The molecule has 4 heteroatoms. The van der Waals surface area contributed by atoms with Crippen molar-refractivity contribution in [2.75, 3.05) is 26.9 Å². The molecular weight excluding hydrogens is 242 g/mol. The molecule has 2 unspecified atom stereocenters. The molecule has 0 saturated carbocycles. The van der Waals surface area contributed by atoms with Crippen LogP contribution < -0.4 is 10.1 Å². The second-order valence-corrected chi connectivity index (χ2v) is 4.54. The van der Waals surface area contributed by atoms with Gasteiger partial charge in [-0.15, -0.1) is 0 Å². The lowest BCUT2D eigenvalue weighted by atomic mass is 10.0. The van der Waals surface area contributed by atoms with Gasteiger partial charge in [-0.3, -0.25) is 0 Å². The molecular formula is C15H25NO3. The van der Waals surface area contributed by atoms with Crippen LogP contribution in [0.3, 0.4) is 0 Å². The molecule has 0 aliphatic rings. The van der Waals surface area contributed by atoms with Crippen molar-refractivity contribution in [3.05, 3.63) is 29.8 Å². The van der Waals surface area contributed by atoms with Crippen LogP contribution in [0.1, 0.15) is 31.9 Å². The van der Waals surface area contributed by atoms with Gasteiger partial charge in [-0.1, -0.05) is 12.1 Å². The lowest BCUT2D eigenvalue weighted by molar-refractivity contribution is 0.132. The maximum Gasteiger partial charge on any atom is 0.119 e. The van der Waals surface area contributed by atoms with E-state index in [-0.39, 0.29) is 6.04 Å². The first-order valence-electron chi connectivity index (χ1n) is 6.82. The number of methoxy groups -OCH3 is 1. The molecule has 0 bridgehead atoms. The summed E-state index contributed by atoms with van der Waals surface area (Å²) in [4.78, 5) is 0. The summed E-state index contributed by atoms with van der Waals surface area (Å²) in [6.07, 6.45) is 0.426. The van der Waals surface area contributed by atoms with E-state index in [0.29, 0.717) is 6.61 Å².